The van der Waals surface area contributed by atoms with Crippen molar-refractivity contribution >= 4 is 326 Å². The molecular weight excluding hydrogens is 1640 g/mol. The maximum Gasteiger partial charge on any atom is 2.00 e. The van der Waals surface area contributed by atoms with Gasteiger partial charge in [0, 0.05) is 67.1 Å². The Morgan fingerprint density at radius 3 is 0.0495 bits per heavy atom. The van der Waals surface area contributed by atoms with E-state index >= 15 is 0 Å². The minimum atomic E-state index is 0. The third-order valence-electron chi connectivity index (χ3n) is 0. The van der Waals surface area contributed by atoms with Gasteiger partial charge >= 0.3 is 16.8 Å². The molecule has 0 rings (SSSR count). The van der Waals surface area contributed by atoms with E-state index in [1.807, 2.05) is 0 Å². The van der Waals surface area contributed by atoms with Gasteiger partial charge in [-0.1, -0.05) is 0 Å². The topological polar surface area (TPSA) is 819 Å². The first-order valence-corrected chi connectivity index (χ1v) is 11.3. The Balaban J connectivity index is -0.00000000456. The molecule has 0 aliphatic carbocycles. The molecule has 0 atom stereocenters. The van der Waals surface area contributed by atoms with E-state index in [1.54, 1.807) is 0 Å². The van der Waals surface area contributed by atoms with Crippen LogP contribution in [0.25, 0.3) is 0 Å². The molecule has 0 fully saturated rings. The molecule has 0 aromatic rings. The van der Waals surface area contributed by atoms with Crippen LogP contribution in [0, 0.1) is 0 Å². The maximum absolute atomic E-state index is 7.75. The van der Waals surface area contributed by atoms with Crippen LogP contribution in [0.3, 0.4) is 0 Å². The van der Waals surface area contributed by atoms with Crippen molar-refractivity contribution in [3.63, 3.8) is 0 Å². The number of hydrogen-bond donors (Lipinski definition) is 0. The van der Waals surface area contributed by atoms with Gasteiger partial charge in [-0.3, -0.25) is 326 Å². The van der Waals surface area contributed by atoms with E-state index in [4.69, 9.17) is 230 Å². The van der Waals surface area contributed by atoms with Crippen LogP contribution < -0.4 is 0 Å². The van der Waals surface area contributed by atoms with Crippen molar-refractivity contribution in [2.75, 3.05) is 0 Å². The van der Waals surface area contributed by atoms with Gasteiger partial charge < -0.3 is 230 Å². The van der Waals surface area contributed by atoms with Crippen LogP contribution in [0.1, 0.15) is 0 Å². The van der Waals surface area contributed by atoms with E-state index in [1.165, 1.54) is 0 Å². The molecule has 5 radical (unpaired) electrons. The molecule has 0 heterocycles. The molecule has 0 unspecified atom stereocenters. The zero-order chi connectivity index (χ0) is 96.0. The standard InChI is InChI=1S/48CHO.5Co/c48*1-2;;;;;/h48*1H;;;;;/q48*-1;;;;;+2. The SMILES string of the molecule is [CH-]=O.[CH-]=O.[CH-]=O.[CH-]=O.[CH-]=O.[CH-]=O.[CH-]=O.[CH-]=O.[CH-]=O.[CH-]=O.[CH-]=O.[CH-]=O.[CH-]=O.[CH-]=O.[CH-]=O.[CH-]=O.[CH-]=O.[CH-]=O.[CH-]=O.[CH-]=O.[CH-]=O.[CH-]=O.[CH-]=O.[CH-]=O.[CH-]=O.[CH-]=O.[CH-]=O.[CH-]=O.[CH-]=O.[CH-]=O.[CH-]=O.[CH-]=O.[CH-]=O.[CH-]=O.[CH-]=O.[CH-]=O.[CH-]=O.[CH-]=O.[CH-]=O.[CH-]=O.[CH-]=O.[CH-]=O.[CH-]=O.[CH-]=O.[CH-]=O.[CH-]=O.[CH-]=O.[CH-]=O.[Co+2].[Co].[Co].[Co].[Co]. The Hall–Kier alpha value is -13.3. The summed E-state index contributed by atoms with van der Waals surface area (Å²) >= 11 is 0. The van der Waals surface area contributed by atoms with Crippen LogP contribution in [0.2, 0.25) is 0 Å². The fourth-order valence-corrected chi connectivity index (χ4v) is 0. The minimum absolute atomic E-state index is 0. The van der Waals surface area contributed by atoms with Crippen molar-refractivity contribution in [3.05, 3.63) is 0 Å². The van der Waals surface area contributed by atoms with Crippen molar-refractivity contribution < 1.29 is 314 Å². The average molecular weight is 1690 g/mol. The Labute approximate surface area is 637 Å². The third-order valence-corrected chi connectivity index (χ3v) is 0. The van der Waals surface area contributed by atoms with Crippen molar-refractivity contribution in [2.24, 2.45) is 0 Å². The molecule has 0 saturated heterocycles. The summed E-state index contributed by atoms with van der Waals surface area (Å²) in [7, 11) is 0. The molecule has 0 aliphatic heterocycles. The molecule has 0 spiro atoms. The van der Waals surface area contributed by atoms with Gasteiger partial charge in [-0.25, -0.2) is 0 Å². The van der Waals surface area contributed by atoms with E-state index in [2.05, 4.69) is 326 Å². The number of rotatable bonds is 0. The molecule has 0 saturated carbocycles. The predicted molar refractivity (Wildman–Crippen MR) is 324 cm³/mol. The van der Waals surface area contributed by atoms with Crippen molar-refractivity contribution in [3.8, 4) is 0 Å². The van der Waals surface area contributed by atoms with Gasteiger partial charge in [0.25, 0.3) is 0 Å². The predicted octanol–water partition coefficient (Wildman–Crippen LogP) is -13.2. The first-order chi connectivity index (χ1) is 48.0. The van der Waals surface area contributed by atoms with Crippen LogP contribution in [0.4, 0.5) is 0 Å². The summed E-state index contributed by atoms with van der Waals surface area (Å²) in [5, 5.41) is 0. The summed E-state index contributed by atoms with van der Waals surface area (Å²) in [6.45, 7) is 156. The molecular formula is C48H48Co5O48-46. The molecule has 0 N–H and O–H groups in total. The van der Waals surface area contributed by atoms with E-state index < -0.39 is 0 Å². The Morgan fingerprint density at radius 1 is 0.0495 bits per heavy atom. The van der Waals surface area contributed by atoms with Crippen LogP contribution in [0.15, 0.2) is 0 Å². The first kappa shape index (κ1) is 548. The second kappa shape index (κ2) is 3590. The molecule has 0 aromatic heterocycles. The van der Waals surface area contributed by atoms with Crippen LogP contribution >= 0.6 is 0 Å². The quantitative estimate of drug-likeness (QED) is 0.160. The summed E-state index contributed by atoms with van der Waals surface area (Å²) < 4.78 is 0. The van der Waals surface area contributed by atoms with Gasteiger partial charge in [0.05, 0.1) is 0 Å². The van der Waals surface area contributed by atoms with Gasteiger partial charge in [-0.05, 0) is 0 Å². The normalized spacial score (nSPS) is 1.90. The van der Waals surface area contributed by atoms with Gasteiger partial charge in [0.1, 0.15) is 0 Å². The van der Waals surface area contributed by atoms with Crippen LogP contribution in [0.5, 0.6) is 0 Å². The molecule has 0 amide bonds. The largest absolute Gasteiger partial charge is 2.00 e. The molecule has 101 heavy (non-hydrogen) atoms. The Bertz CT molecular complexity index is 393. The van der Waals surface area contributed by atoms with Crippen molar-refractivity contribution in [1.29, 1.82) is 0 Å². The van der Waals surface area contributed by atoms with E-state index in [-0.39, 0.29) is 83.9 Å². The second-order valence-corrected chi connectivity index (χ2v) is 0. The zero-order valence-corrected chi connectivity index (χ0v) is 54.2. The smallest absolute Gasteiger partial charge is 0.545 e. The third kappa shape index (κ3) is 3510. The molecule has 0 aliphatic rings. The fraction of sp³-hybridized carbons (Fsp3) is 0. The molecule has 619 valence electrons. The van der Waals surface area contributed by atoms with Crippen LogP contribution in [-0.2, 0) is 314 Å². The van der Waals surface area contributed by atoms with E-state index in [0.29, 0.717) is 0 Å². The van der Waals surface area contributed by atoms with Gasteiger partial charge in [0.2, 0.25) is 0 Å². The number of hydrogen-bond acceptors (Lipinski definition) is 48. The summed E-state index contributed by atoms with van der Waals surface area (Å²) in [4.78, 5) is 372. The average Bonchev–Trinajstić information content (AvgIpc) is 3.84. The van der Waals surface area contributed by atoms with Crippen LogP contribution in [-0.4, -0.2) is 326 Å². The zero-order valence-electron chi connectivity index (χ0n) is 49.0. The van der Waals surface area contributed by atoms with E-state index in [0.717, 1.165) is 0 Å². The monoisotopic (exact) mass is 1690 g/mol. The summed E-state index contributed by atoms with van der Waals surface area (Å²) in [5.74, 6) is 0. The summed E-state index contributed by atoms with van der Waals surface area (Å²) in [6, 6.07) is 0. The van der Waals surface area contributed by atoms with Gasteiger partial charge in [-0.15, -0.1) is 0 Å². The molecule has 0 bridgehead atoms. The second-order valence-electron chi connectivity index (χ2n) is 0. The molecule has 0 aromatic carbocycles. The fourth-order valence-electron chi connectivity index (χ4n) is 0. The van der Waals surface area contributed by atoms with Gasteiger partial charge in [-0.2, -0.15) is 0 Å². The first-order valence-electron chi connectivity index (χ1n) is 11.3. The summed E-state index contributed by atoms with van der Waals surface area (Å²) in [6.07, 6.45) is 0. The van der Waals surface area contributed by atoms with Crippen molar-refractivity contribution in [2.45, 2.75) is 0 Å². The Morgan fingerprint density at radius 2 is 0.0495 bits per heavy atom. The van der Waals surface area contributed by atoms with E-state index in [9.17, 15) is 0 Å². The summed E-state index contributed by atoms with van der Waals surface area (Å²) in [5.41, 5.74) is 0. The molecule has 53 heteroatoms. The maximum atomic E-state index is 7.75. The van der Waals surface area contributed by atoms with Gasteiger partial charge in [0.15, 0.2) is 0 Å². The minimum Gasteiger partial charge on any atom is -0.545 e. The number of carbonyl (C=O) groups excluding carboxylic acids is 48. The Kier molecular flexibility index (Phi) is 19500. The molecule has 48 nitrogen and oxygen atoms in total. The van der Waals surface area contributed by atoms with Crippen molar-refractivity contribution in [1.82, 2.24) is 0 Å².